The van der Waals surface area contributed by atoms with E-state index in [1.54, 1.807) is 24.3 Å². The summed E-state index contributed by atoms with van der Waals surface area (Å²) in [5.74, 6) is 0.322. The molecule has 68 valence electrons. The summed E-state index contributed by atoms with van der Waals surface area (Å²) in [5, 5.41) is 16.7. The van der Waals surface area contributed by atoms with Gasteiger partial charge in [-0.1, -0.05) is 31.5 Å². The molecule has 0 aromatic heterocycles. The number of hydrogen-bond acceptors (Lipinski definition) is 2. The molecule has 0 amide bonds. The average Bonchev–Trinajstić information content (AvgIpc) is 2.08. The van der Waals surface area contributed by atoms with Gasteiger partial charge in [-0.15, -0.1) is 0 Å². The summed E-state index contributed by atoms with van der Waals surface area (Å²) in [5.41, 5.74) is 0. The van der Waals surface area contributed by atoms with Crippen molar-refractivity contribution in [3.63, 3.8) is 0 Å². The van der Waals surface area contributed by atoms with Crippen molar-refractivity contribution in [3.05, 3.63) is 30.3 Å². The maximum Gasteiger partial charge on any atom is 0.115 e. The Morgan fingerprint density at radius 2 is 1.75 bits per heavy atom. The van der Waals surface area contributed by atoms with Crippen LogP contribution in [0.25, 0.3) is 0 Å². The summed E-state index contributed by atoms with van der Waals surface area (Å²) in [6.07, 6.45) is 2.04. The second-order valence-corrected chi connectivity index (χ2v) is 2.41. The number of hydrogen-bond donors (Lipinski definition) is 2. The summed E-state index contributed by atoms with van der Waals surface area (Å²) in [6.45, 7) is 2.40. The zero-order chi connectivity index (χ0) is 9.23. The van der Waals surface area contributed by atoms with Gasteiger partial charge in [-0.25, -0.2) is 0 Å². The molecule has 0 heterocycles. The van der Waals surface area contributed by atoms with Crippen molar-refractivity contribution in [2.75, 3.05) is 6.61 Å². The first-order valence-corrected chi connectivity index (χ1v) is 4.16. The number of unbranched alkanes of at least 4 members (excludes halogenated alkanes) is 1. The molecule has 2 heteroatoms. The average molecular weight is 168 g/mol. The van der Waals surface area contributed by atoms with E-state index in [2.05, 4.69) is 6.92 Å². The maximum absolute atomic E-state index is 8.63. The van der Waals surface area contributed by atoms with E-state index in [1.807, 2.05) is 6.07 Å². The molecular formula is C10H16O2. The summed E-state index contributed by atoms with van der Waals surface area (Å²) in [7, 11) is 0. The minimum absolute atomic E-state index is 0.322. The number of para-hydroxylation sites is 1. The molecule has 1 rings (SSSR count). The second kappa shape index (κ2) is 8.08. The molecule has 0 radical (unpaired) electrons. The predicted molar refractivity (Wildman–Crippen MR) is 50.1 cm³/mol. The Kier molecular flexibility index (Phi) is 7.39. The quantitative estimate of drug-likeness (QED) is 0.710. The highest BCUT2D eigenvalue weighted by molar-refractivity contribution is 5.18. The van der Waals surface area contributed by atoms with Gasteiger partial charge in [0.15, 0.2) is 0 Å². The molecule has 0 saturated carbocycles. The molecule has 2 nitrogen and oxygen atoms in total. The first-order valence-electron chi connectivity index (χ1n) is 4.16. The van der Waals surface area contributed by atoms with E-state index in [1.165, 1.54) is 0 Å². The van der Waals surface area contributed by atoms with Crippen LogP contribution in [0.1, 0.15) is 19.8 Å². The molecule has 0 unspecified atom stereocenters. The van der Waals surface area contributed by atoms with Gasteiger partial charge in [0.05, 0.1) is 0 Å². The molecule has 0 saturated heterocycles. The molecule has 0 aliphatic carbocycles. The third-order valence-corrected chi connectivity index (χ3v) is 1.27. The molecule has 0 fully saturated rings. The summed E-state index contributed by atoms with van der Waals surface area (Å²) < 4.78 is 0. The van der Waals surface area contributed by atoms with E-state index in [0.717, 1.165) is 12.8 Å². The minimum Gasteiger partial charge on any atom is -0.508 e. The summed E-state index contributed by atoms with van der Waals surface area (Å²) >= 11 is 0. The third-order valence-electron chi connectivity index (χ3n) is 1.27. The molecule has 0 aliphatic rings. The van der Waals surface area contributed by atoms with Crippen LogP contribution in [0.3, 0.4) is 0 Å². The fraction of sp³-hybridized carbons (Fsp3) is 0.400. The second-order valence-electron chi connectivity index (χ2n) is 2.41. The van der Waals surface area contributed by atoms with Gasteiger partial charge in [0, 0.05) is 6.61 Å². The van der Waals surface area contributed by atoms with Crippen LogP contribution in [0, 0.1) is 0 Å². The molecule has 2 N–H and O–H groups in total. The molecule has 0 aliphatic heterocycles. The first-order chi connectivity index (χ1) is 5.81. The highest BCUT2D eigenvalue weighted by atomic mass is 16.3. The van der Waals surface area contributed by atoms with Gasteiger partial charge in [0.1, 0.15) is 5.75 Å². The smallest absolute Gasteiger partial charge is 0.115 e. The number of aliphatic hydroxyl groups is 1. The molecule has 0 spiro atoms. The highest BCUT2D eigenvalue weighted by Gasteiger charge is 1.74. The van der Waals surface area contributed by atoms with Crippen LogP contribution >= 0.6 is 0 Å². The first kappa shape index (κ1) is 11.0. The van der Waals surface area contributed by atoms with E-state index < -0.39 is 0 Å². The maximum atomic E-state index is 8.63. The van der Waals surface area contributed by atoms with Gasteiger partial charge < -0.3 is 10.2 Å². The number of benzene rings is 1. The van der Waals surface area contributed by atoms with Crippen molar-refractivity contribution in [1.82, 2.24) is 0 Å². The molecule has 12 heavy (non-hydrogen) atoms. The Labute approximate surface area is 73.5 Å². The predicted octanol–water partition coefficient (Wildman–Crippen LogP) is 2.17. The number of aromatic hydroxyl groups is 1. The SMILES string of the molecule is CCCCO.Oc1ccccc1. The third kappa shape index (κ3) is 7.09. The topological polar surface area (TPSA) is 40.5 Å². The van der Waals surface area contributed by atoms with Crippen LogP contribution in [0.2, 0.25) is 0 Å². The van der Waals surface area contributed by atoms with Crippen molar-refractivity contribution < 1.29 is 10.2 Å². The Hall–Kier alpha value is -1.02. The standard InChI is InChI=1S/C6H6O.C4H10O/c7-6-4-2-1-3-5-6;1-2-3-4-5/h1-5,7H;5H,2-4H2,1H3. The van der Waals surface area contributed by atoms with Gasteiger partial charge in [-0.05, 0) is 18.6 Å². The zero-order valence-electron chi connectivity index (χ0n) is 7.40. The largest absolute Gasteiger partial charge is 0.508 e. The highest BCUT2D eigenvalue weighted by Crippen LogP contribution is 2.02. The summed E-state index contributed by atoms with van der Waals surface area (Å²) in [6, 6.07) is 8.71. The van der Waals surface area contributed by atoms with Crippen LogP contribution in [-0.4, -0.2) is 16.8 Å². The Morgan fingerprint density at radius 3 is 1.92 bits per heavy atom. The van der Waals surface area contributed by atoms with E-state index >= 15 is 0 Å². The molecule has 1 aromatic rings. The minimum atomic E-state index is 0.322. The van der Waals surface area contributed by atoms with Gasteiger partial charge >= 0.3 is 0 Å². The van der Waals surface area contributed by atoms with Crippen molar-refractivity contribution in [2.45, 2.75) is 19.8 Å². The lowest BCUT2D eigenvalue weighted by atomic mass is 10.3. The van der Waals surface area contributed by atoms with Crippen LogP contribution in [0.4, 0.5) is 0 Å². The number of phenols is 1. The Morgan fingerprint density at radius 1 is 1.17 bits per heavy atom. The van der Waals surface area contributed by atoms with E-state index in [0.29, 0.717) is 12.4 Å². The van der Waals surface area contributed by atoms with Gasteiger partial charge in [0.25, 0.3) is 0 Å². The lowest BCUT2D eigenvalue weighted by Gasteiger charge is -1.82. The summed E-state index contributed by atoms with van der Waals surface area (Å²) in [4.78, 5) is 0. The Balaban J connectivity index is 0.000000217. The van der Waals surface area contributed by atoms with E-state index in [9.17, 15) is 0 Å². The zero-order valence-corrected chi connectivity index (χ0v) is 7.40. The van der Waals surface area contributed by atoms with Crippen molar-refractivity contribution in [2.24, 2.45) is 0 Å². The van der Waals surface area contributed by atoms with Crippen molar-refractivity contribution >= 4 is 0 Å². The molecule has 0 bridgehead atoms. The van der Waals surface area contributed by atoms with Crippen LogP contribution in [0.15, 0.2) is 30.3 Å². The lowest BCUT2D eigenvalue weighted by Crippen LogP contribution is -1.75. The van der Waals surface area contributed by atoms with E-state index in [4.69, 9.17) is 10.2 Å². The molecule has 1 aromatic carbocycles. The van der Waals surface area contributed by atoms with Gasteiger partial charge in [0.2, 0.25) is 0 Å². The number of aliphatic hydroxyl groups excluding tert-OH is 1. The van der Waals surface area contributed by atoms with Crippen LogP contribution < -0.4 is 0 Å². The van der Waals surface area contributed by atoms with Crippen LogP contribution in [0.5, 0.6) is 5.75 Å². The lowest BCUT2D eigenvalue weighted by molar-refractivity contribution is 0.287. The normalized spacial score (nSPS) is 8.50. The van der Waals surface area contributed by atoms with Crippen molar-refractivity contribution in [1.29, 1.82) is 0 Å². The Bertz CT molecular complexity index is 170. The van der Waals surface area contributed by atoms with Crippen molar-refractivity contribution in [3.8, 4) is 5.75 Å². The van der Waals surface area contributed by atoms with Crippen LogP contribution in [-0.2, 0) is 0 Å². The fourth-order valence-corrected chi connectivity index (χ4v) is 0.586. The number of phenolic OH excluding ortho intramolecular Hbond substituents is 1. The fourth-order valence-electron chi connectivity index (χ4n) is 0.586. The van der Waals surface area contributed by atoms with Gasteiger partial charge in [-0.3, -0.25) is 0 Å². The molecular weight excluding hydrogens is 152 g/mol. The molecule has 0 atom stereocenters. The monoisotopic (exact) mass is 168 g/mol. The van der Waals surface area contributed by atoms with Gasteiger partial charge in [-0.2, -0.15) is 0 Å². The number of rotatable bonds is 2. The van der Waals surface area contributed by atoms with E-state index in [-0.39, 0.29) is 0 Å².